The average molecular weight is 338 g/mol. The number of nitrogens with zero attached hydrogens (tertiary/aromatic N) is 3. The summed E-state index contributed by atoms with van der Waals surface area (Å²) in [4.78, 5) is 23.5. The minimum absolute atomic E-state index is 0.0192. The molecule has 2 aromatic rings. The first-order valence-electron chi connectivity index (χ1n) is 9.06. The Labute approximate surface area is 149 Å². The van der Waals surface area contributed by atoms with Gasteiger partial charge in [-0.15, -0.1) is 0 Å². The average Bonchev–Trinajstić information content (AvgIpc) is 2.89. The Bertz CT molecular complexity index is 719. The fourth-order valence-corrected chi connectivity index (χ4v) is 3.10. The van der Waals surface area contributed by atoms with Crippen LogP contribution in [0.4, 0.5) is 5.82 Å². The second-order valence-corrected chi connectivity index (χ2v) is 6.73. The molecule has 5 nitrogen and oxygen atoms in total. The van der Waals surface area contributed by atoms with Crippen LogP contribution in [0, 0.1) is 13.8 Å². The van der Waals surface area contributed by atoms with Crippen molar-refractivity contribution in [1.29, 1.82) is 0 Å². The van der Waals surface area contributed by atoms with E-state index in [1.807, 2.05) is 11.8 Å². The van der Waals surface area contributed by atoms with Gasteiger partial charge in [-0.25, -0.2) is 9.97 Å². The standard InChI is InChI=1S/C20H26N4O/c1-15-7-9-17(10-8-15)14-21-19-13-18(22-16(2)23-19)20(25)24-11-5-3-4-6-12-24/h7-10,13H,3-6,11-12,14H2,1-2H3,(H,21,22,23). The molecule has 25 heavy (non-hydrogen) atoms. The van der Waals surface area contributed by atoms with Gasteiger partial charge in [0.15, 0.2) is 0 Å². The highest BCUT2D eigenvalue weighted by Gasteiger charge is 2.19. The molecule has 2 heterocycles. The topological polar surface area (TPSA) is 58.1 Å². The van der Waals surface area contributed by atoms with Crippen LogP contribution in [-0.2, 0) is 6.54 Å². The van der Waals surface area contributed by atoms with Crippen molar-refractivity contribution in [1.82, 2.24) is 14.9 Å². The highest BCUT2D eigenvalue weighted by molar-refractivity contribution is 5.93. The number of aryl methyl sites for hydroxylation is 2. The molecule has 0 radical (unpaired) electrons. The Morgan fingerprint density at radius 3 is 2.40 bits per heavy atom. The van der Waals surface area contributed by atoms with Gasteiger partial charge in [-0.1, -0.05) is 42.7 Å². The molecule has 0 atom stereocenters. The van der Waals surface area contributed by atoms with Crippen LogP contribution in [0.25, 0.3) is 0 Å². The van der Waals surface area contributed by atoms with Gasteiger partial charge >= 0.3 is 0 Å². The Morgan fingerprint density at radius 1 is 1.04 bits per heavy atom. The summed E-state index contributed by atoms with van der Waals surface area (Å²) in [7, 11) is 0. The van der Waals surface area contributed by atoms with E-state index >= 15 is 0 Å². The minimum atomic E-state index is 0.0192. The fourth-order valence-electron chi connectivity index (χ4n) is 3.10. The van der Waals surface area contributed by atoms with Gasteiger partial charge in [0.25, 0.3) is 5.91 Å². The van der Waals surface area contributed by atoms with Crippen molar-refractivity contribution in [2.75, 3.05) is 18.4 Å². The first-order valence-corrected chi connectivity index (χ1v) is 9.06. The van der Waals surface area contributed by atoms with Crippen LogP contribution >= 0.6 is 0 Å². The lowest BCUT2D eigenvalue weighted by Gasteiger charge is -2.20. The van der Waals surface area contributed by atoms with Crippen LogP contribution < -0.4 is 5.32 Å². The fraction of sp³-hybridized carbons (Fsp3) is 0.450. The Kier molecular flexibility index (Phi) is 5.64. The summed E-state index contributed by atoms with van der Waals surface area (Å²) in [6, 6.07) is 10.2. The molecular weight excluding hydrogens is 312 g/mol. The van der Waals surface area contributed by atoms with E-state index < -0.39 is 0 Å². The first-order chi connectivity index (χ1) is 12.1. The normalized spacial score (nSPS) is 14.9. The second kappa shape index (κ2) is 8.10. The summed E-state index contributed by atoms with van der Waals surface area (Å²) in [5.41, 5.74) is 2.91. The van der Waals surface area contributed by atoms with Crippen molar-refractivity contribution in [3.8, 4) is 0 Å². The number of anilines is 1. The molecule has 1 N–H and O–H groups in total. The SMILES string of the molecule is Cc1ccc(CNc2cc(C(=O)N3CCCCCC3)nc(C)n2)cc1. The highest BCUT2D eigenvalue weighted by atomic mass is 16.2. The number of rotatable bonds is 4. The van der Waals surface area contributed by atoms with E-state index in [-0.39, 0.29) is 5.91 Å². The molecule has 1 amide bonds. The van der Waals surface area contributed by atoms with Gasteiger partial charge in [-0.2, -0.15) is 0 Å². The van der Waals surface area contributed by atoms with Crippen molar-refractivity contribution < 1.29 is 4.79 Å². The summed E-state index contributed by atoms with van der Waals surface area (Å²) in [5, 5.41) is 3.31. The maximum atomic E-state index is 12.8. The monoisotopic (exact) mass is 338 g/mol. The van der Waals surface area contributed by atoms with E-state index in [2.05, 4.69) is 46.5 Å². The van der Waals surface area contributed by atoms with Gasteiger partial charge in [0.05, 0.1) is 0 Å². The van der Waals surface area contributed by atoms with Crippen LogP contribution in [0.2, 0.25) is 0 Å². The molecule has 132 valence electrons. The zero-order chi connectivity index (χ0) is 17.6. The van der Waals surface area contributed by atoms with Gasteiger partial charge < -0.3 is 10.2 Å². The van der Waals surface area contributed by atoms with Crippen molar-refractivity contribution in [2.45, 2.75) is 46.1 Å². The number of hydrogen-bond acceptors (Lipinski definition) is 4. The predicted molar refractivity (Wildman–Crippen MR) is 99.6 cm³/mol. The predicted octanol–water partition coefficient (Wildman–Crippen LogP) is 3.72. The van der Waals surface area contributed by atoms with Crippen LogP contribution in [0.3, 0.4) is 0 Å². The van der Waals surface area contributed by atoms with Gasteiger partial charge in [0, 0.05) is 25.7 Å². The number of likely N-dealkylation sites (tertiary alicyclic amines) is 1. The number of carbonyl (C=O) groups is 1. The van der Waals surface area contributed by atoms with Crippen LogP contribution in [-0.4, -0.2) is 33.9 Å². The molecule has 3 rings (SSSR count). The van der Waals surface area contributed by atoms with E-state index in [9.17, 15) is 4.79 Å². The minimum Gasteiger partial charge on any atom is -0.366 e. The summed E-state index contributed by atoms with van der Waals surface area (Å²) in [6.45, 7) is 6.23. The van der Waals surface area contributed by atoms with Gasteiger partial charge in [-0.3, -0.25) is 4.79 Å². The quantitative estimate of drug-likeness (QED) is 0.923. The molecular formula is C20H26N4O. The van der Waals surface area contributed by atoms with Gasteiger partial charge in [-0.05, 0) is 32.3 Å². The smallest absolute Gasteiger partial charge is 0.272 e. The molecule has 0 bridgehead atoms. The zero-order valence-corrected chi connectivity index (χ0v) is 15.1. The second-order valence-electron chi connectivity index (χ2n) is 6.73. The van der Waals surface area contributed by atoms with Gasteiger partial charge in [0.1, 0.15) is 17.3 Å². The molecule has 0 spiro atoms. The van der Waals surface area contributed by atoms with E-state index in [4.69, 9.17) is 0 Å². The Morgan fingerprint density at radius 2 is 1.72 bits per heavy atom. The van der Waals surface area contributed by atoms with Crippen molar-refractivity contribution in [3.05, 3.63) is 53.0 Å². The summed E-state index contributed by atoms with van der Waals surface area (Å²) in [5.74, 6) is 1.34. The number of nitrogens with one attached hydrogen (secondary N) is 1. The Hall–Kier alpha value is -2.43. The molecule has 0 unspecified atom stereocenters. The zero-order valence-electron chi connectivity index (χ0n) is 15.1. The van der Waals surface area contributed by atoms with E-state index in [1.54, 1.807) is 6.07 Å². The third-order valence-corrected chi connectivity index (χ3v) is 4.54. The molecule has 1 aromatic heterocycles. The molecule has 1 aliphatic rings. The summed E-state index contributed by atoms with van der Waals surface area (Å²) >= 11 is 0. The largest absolute Gasteiger partial charge is 0.366 e. The lowest BCUT2D eigenvalue weighted by atomic mass is 10.1. The molecule has 1 fully saturated rings. The lowest BCUT2D eigenvalue weighted by molar-refractivity contribution is 0.0755. The third kappa shape index (κ3) is 4.78. The number of carbonyl (C=O) groups excluding carboxylic acids is 1. The summed E-state index contributed by atoms with van der Waals surface area (Å²) in [6.07, 6.45) is 4.56. The van der Waals surface area contributed by atoms with Crippen LogP contribution in [0.5, 0.6) is 0 Å². The number of benzene rings is 1. The molecule has 1 aromatic carbocycles. The van der Waals surface area contributed by atoms with E-state index in [1.165, 1.54) is 24.0 Å². The highest BCUT2D eigenvalue weighted by Crippen LogP contribution is 2.15. The van der Waals surface area contributed by atoms with Crippen molar-refractivity contribution in [3.63, 3.8) is 0 Å². The van der Waals surface area contributed by atoms with E-state index in [0.717, 1.165) is 25.9 Å². The maximum absolute atomic E-state index is 12.8. The molecule has 1 saturated heterocycles. The third-order valence-electron chi connectivity index (χ3n) is 4.54. The molecule has 0 aliphatic carbocycles. The number of amides is 1. The number of aromatic nitrogens is 2. The van der Waals surface area contributed by atoms with Crippen molar-refractivity contribution >= 4 is 11.7 Å². The first kappa shape index (κ1) is 17.4. The van der Waals surface area contributed by atoms with Crippen molar-refractivity contribution in [2.24, 2.45) is 0 Å². The summed E-state index contributed by atoms with van der Waals surface area (Å²) < 4.78 is 0. The van der Waals surface area contributed by atoms with Crippen LogP contribution in [0.1, 0.15) is 53.1 Å². The number of hydrogen-bond donors (Lipinski definition) is 1. The lowest BCUT2D eigenvalue weighted by Crippen LogP contribution is -2.32. The molecule has 5 heteroatoms. The molecule has 1 aliphatic heterocycles. The maximum Gasteiger partial charge on any atom is 0.272 e. The molecule has 0 saturated carbocycles. The van der Waals surface area contributed by atoms with Gasteiger partial charge in [0.2, 0.25) is 0 Å². The van der Waals surface area contributed by atoms with E-state index in [0.29, 0.717) is 23.9 Å². The van der Waals surface area contributed by atoms with Crippen LogP contribution in [0.15, 0.2) is 30.3 Å². The Balaban J connectivity index is 1.71.